The molecular formula is C22H34NO2PS. The molecule has 27 heavy (non-hydrogen) atoms. The predicted molar refractivity (Wildman–Crippen MR) is 116 cm³/mol. The summed E-state index contributed by atoms with van der Waals surface area (Å²) < 4.78 is 0. The molecule has 150 valence electrons. The van der Waals surface area contributed by atoms with E-state index < -0.39 is 0 Å². The summed E-state index contributed by atoms with van der Waals surface area (Å²) in [6.45, 7) is 7.47. The molecule has 4 rings (SSSR count). The van der Waals surface area contributed by atoms with E-state index in [4.69, 9.17) is 0 Å². The van der Waals surface area contributed by atoms with Gasteiger partial charge in [0, 0.05) is 12.2 Å². The summed E-state index contributed by atoms with van der Waals surface area (Å²) in [5.41, 5.74) is 2.24. The minimum absolute atomic E-state index is 0.161. The van der Waals surface area contributed by atoms with E-state index in [0.717, 1.165) is 48.7 Å². The topological polar surface area (TPSA) is 46.5 Å². The fourth-order valence-electron chi connectivity index (χ4n) is 7.85. The largest absolute Gasteiger partial charge is 0.295 e. The predicted octanol–water partition coefficient (Wildman–Crippen LogP) is 6.78. The van der Waals surface area contributed by atoms with Crippen LogP contribution < -0.4 is 0 Å². The van der Waals surface area contributed by atoms with Crippen molar-refractivity contribution >= 4 is 25.1 Å². The molecule has 0 heterocycles. The lowest BCUT2D eigenvalue weighted by molar-refractivity contribution is -0.117. The molecule has 4 unspecified atom stereocenters. The second-order valence-corrected chi connectivity index (χ2v) is 12.6. The van der Waals surface area contributed by atoms with Gasteiger partial charge in [-0.25, -0.2) is 0 Å². The third-order valence-corrected chi connectivity index (χ3v) is 11.2. The van der Waals surface area contributed by atoms with Crippen molar-refractivity contribution in [1.29, 1.82) is 0 Å². The molecule has 8 atom stereocenters. The molecule has 0 saturated heterocycles. The van der Waals surface area contributed by atoms with E-state index in [0.29, 0.717) is 17.1 Å². The smallest absolute Gasteiger partial charge is 0.155 e. The standard InChI is InChI=1S/C22H34NO2PS/c1-14(13-27-26-23-25)18-6-7-19-17-5-4-15-12-16(24)8-10-21(15,2)20(17)9-11-22(18,19)3/h12,14,17-20,26H,4-11,13H2,1-3H3/t14-,17?,18-,19?,20?,21+,22-/m1/s1. The second kappa shape index (κ2) is 7.56. The van der Waals surface area contributed by atoms with E-state index in [-0.39, 0.29) is 13.3 Å². The van der Waals surface area contributed by atoms with Crippen molar-refractivity contribution in [2.45, 2.75) is 72.1 Å². The highest BCUT2D eigenvalue weighted by Crippen LogP contribution is 2.67. The highest BCUT2D eigenvalue weighted by atomic mass is 32.7. The summed E-state index contributed by atoms with van der Waals surface area (Å²) in [6, 6.07) is 0. The Hall–Kier alpha value is -0.210. The number of carbonyl (C=O) groups excluding carboxylic acids is 1. The molecule has 0 aromatic carbocycles. The van der Waals surface area contributed by atoms with Gasteiger partial charge in [0.05, 0.1) is 0 Å². The molecule has 4 aliphatic rings. The van der Waals surface area contributed by atoms with Crippen molar-refractivity contribution in [2.75, 3.05) is 5.75 Å². The van der Waals surface area contributed by atoms with E-state index in [1.807, 2.05) is 6.08 Å². The first-order valence-corrected chi connectivity index (χ1v) is 13.5. The minimum atomic E-state index is 0.161. The van der Waals surface area contributed by atoms with Gasteiger partial charge in [-0.05, 0) is 96.4 Å². The number of nitroso groups, excluding NO2 is 1. The Labute approximate surface area is 169 Å². The average Bonchev–Trinajstić information content (AvgIpc) is 3.00. The zero-order valence-corrected chi connectivity index (χ0v) is 18.8. The summed E-state index contributed by atoms with van der Waals surface area (Å²) >= 11 is 1.73. The highest BCUT2D eigenvalue weighted by Gasteiger charge is 2.59. The molecule has 0 bridgehead atoms. The SMILES string of the molecule is C[C@H](CSPN=O)[C@H]1CCC2C3CCC4=CC(=O)CC[C@]4(C)C3CC[C@@]21C. The van der Waals surface area contributed by atoms with Crippen LogP contribution in [0.25, 0.3) is 0 Å². The molecule has 3 nitrogen and oxygen atoms in total. The Kier molecular flexibility index (Phi) is 5.62. The Morgan fingerprint density at radius 3 is 2.78 bits per heavy atom. The van der Waals surface area contributed by atoms with E-state index in [1.54, 1.807) is 11.4 Å². The van der Waals surface area contributed by atoms with Crippen LogP contribution in [0.2, 0.25) is 0 Å². The summed E-state index contributed by atoms with van der Waals surface area (Å²) in [7, 11) is 0.161. The van der Waals surface area contributed by atoms with Gasteiger partial charge in [-0.2, -0.15) is 0 Å². The maximum atomic E-state index is 12.0. The van der Waals surface area contributed by atoms with Gasteiger partial charge in [-0.3, -0.25) is 4.79 Å². The molecule has 5 heteroatoms. The number of hydrogen-bond donors (Lipinski definition) is 0. The van der Waals surface area contributed by atoms with Gasteiger partial charge in [0.2, 0.25) is 0 Å². The molecule has 3 fully saturated rings. The third-order valence-electron chi connectivity index (χ3n) is 9.17. The van der Waals surface area contributed by atoms with Gasteiger partial charge in [0.15, 0.2) is 5.78 Å². The number of rotatable bonds is 5. The first kappa shape index (κ1) is 20.1. The van der Waals surface area contributed by atoms with Gasteiger partial charge < -0.3 is 0 Å². The van der Waals surface area contributed by atoms with Crippen molar-refractivity contribution in [3.63, 3.8) is 0 Å². The van der Waals surface area contributed by atoms with E-state index in [1.165, 1.54) is 37.7 Å². The normalized spacial score (nSPS) is 45.1. The van der Waals surface area contributed by atoms with Gasteiger partial charge >= 0.3 is 0 Å². The number of allylic oxidation sites excluding steroid dienone is 1. The molecule has 3 saturated carbocycles. The van der Waals surface area contributed by atoms with Gasteiger partial charge in [-0.15, -0.1) is 16.3 Å². The van der Waals surface area contributed by atoms with Crippen molar-refractivity contribution in [1.82, 2.24) is 0 Å². The molecule has 4 aliphatic carbocycles. The zero-order valence-electron chi connectivity index (χ0n) is 17.0. The van der Waals surface area contributed by atoms with E-state index in [2.05, 4.69) is 25.7 Å². The molecule has 0 spiro atoms. The van der Waals surface area contributed by atoms with Crippen molar-refractivity contribution in [3.05, 3.63) is 16.6 Å². The number of ketones is 1. The molecular weight excluding hydrogens is 373 g/mol. The number of hydrogen-bond acceptors (Lipinski definition) is 4. The molecule has 0 radical (unpaired) electrons. The molecule has 0 aromatic heterocycles. The molecule has 0 aliphatic heterocycles. The lowest BCUT2D eigenvalue weighted by atomic mass is 9.46. The Morgan fingerprint density at radius 2 is 2.00 bits per heavy atom. The third kappa shape index (κ3) is 3.27. The zero-order chi connectivity index (χ0) is 19.2. The number of carbonyl (C=O) groups is 1. The fourth-order valence-corrected chi connectivity index (χ4v) is 9.64. The van der Waals surface area contributed by atoms with Crippen LogP contribution >= 0.6 is 19.3 Å². The van der Waals surface area contributed by atoms with E-state index >= 15 is 0 Å². The van der Waals surface area contributed by atoms with Crippen LogP contribution in [0.3, 0.4) is 0 Å². The van der Waals surface area contributed by atoms with Crippen molar-refractivity contribution in [3.8, 4) is 0 Å². The molecule has 0 amide bonds. The maximum Gasteiger partial charge on any atom is 0.155 e. The maximum absolute atomic E-state index is 12.0. The lowest BCUT2D eigenvalue weighted by Crippen LogP contribution is -2.51. The van der Waals surface area contributed by atoms with Crippen molar-refractivity contribution in [2.24, 2.45) is 45.4 Å². The van der Waals surface area contributed by atoms with Crippen molar-refractivity contribution < 1.29 is 4.79 Å². The summed E-state index contributed by atoms with van der Waals surface area (Å²) in [5.74, 6) is 5.41. The van der Waals surface area contributed by atoms with Crippen LogP contribution in [0.15, 0.2) is 16.6 Å². The Balaban J connectivity index is 1.53. The summed E-state index contributed by atoms with van der Waals surface area (Å²) in [4.78, 5) is 25.5. The first-order chi connectivity index (χ1) is 12.9. The van der Waals surface area contributed by atoms with E-state index in [9.17, 15) is 9.70 Å². The quantitative estimate of drug-likeness (QED) is 0.287. The van der Waals surface area contributed by atoms with Gasteiger partial charge in [0.1, 0.15) is 7.93 Å². The fraction of sp³-hybridized carbons (Fsp3) is 0.864. The number of nitrogens with zero attached hydrogens (tertiary/aromatic N) is 1. The van der Waals surface area contributed by atoms with Crippen LogP contribution in [0.5, 0.6) is 0 Å². The monoisotopic (exact) mass is 407 g/mol. The minimum Gasteiger partial charge on any atom is -0.295 e. The van der Waals surface area contributed by atoms with Gasteiger partial charge in [-0.1, -0.05) is 26.3 Å². The molecule has 0 N–H and O–H groups in total. The summed E-state index contributed by atoms with van der Waals surface area (Å²) in [5, 5.41) is 0. The molecule has 0 aromatic rings. The second-order valence-electron chi connectivity index (χ2n) is 10.2. The number of fused-ring (bicyclic) bond motifs is 5. The lowest BCUT2D eigenvalue weighted by Gasteiger charge is -2.58. The Bertz CT molecular complexity index is 652. The van der Waals surface area contributed by atoms with Crippen LogP contribution in [0, 0.1) is 45.3 Å². The highest BCUT2D eigenvalue weighted by molar-refractivity contribution is 8.49. The first-order valence-electron chi connectivity index (χ1n) is 10.8. The van der Waals surface area contributed by atoms with Crippen LogP contribution in [0.1, 0.15) is 72.1 Å². The Morgan fingerprint density at radius 1 is 1.19 bits per heavy atom. The van der Waals surface area contributed by atoms with Crippen LogP contribution in [0.4, 0.5) is 0 Å². The van der Waals surface area contributed by atoms with Crippen LogP contribution in [-0.4, -0.2) is 11.5 Å². The van der Waals surface area contributed by atoms with Crippen LogP contribution in [-0.2, 0) is 4.79 Å². The summed E-state index contributed by atoms with van der Waals surface area (Å²) in [6.07, 6.45) is 11.8. The van der Waals surface area contributed by atoms with Gasteiger partial charge in [0.25, 0.3) is 0 Å². The average molecular weight is 408 g/mol.